The second kappa shape index (κ2) is 6.04. The van der Waals surface area contributed by atoms with Crippen LogP contribution in [-0.2, 0) is 16.6 Å². The fourth-order valence-electron chi connectivity index (χ4n) is 4.22. The van der Waals surface area contributed by atoms with Crippen molar-refractivity contribution in [1.82, 2.24) is 9.80 Å². The molecule has 1 aliphatic heterocycles. The molecule has 0 N–H and O–H groups in total. The zero-order valence-electron chi connectivity index (χ0n) is 14.1. The van der Waals surface area contributed by atoms with Crippen LogP contribution in [0.4, 0.5) is 0 Å². The molecule has 1 heterocycles. The molecule has 22 heavy (non-hydrogen) atoms. The van der Waals surface area contributed by atoms with Crippen molar-refractivity contribution < 1.29 is 4.79 Å². The normalized spacial score (nSPS) is 25.4. The topological polar surface area (TPSA) is 23.6 Å². The highest BCUT2D eigenvalue weighted by atomic mass is 16.2. The number of hydrogen-bond donors (Lipinski definition) is 0. The minimum atomic E-state index is 0.276. The van der Waals surface area contributed by atoms with E-state index in [2.05, 4.69) is 36.1 Å². The van der Waals surface area contributed by atoms with Crippen molar-refractivity contribution in [3.05, 3.63) is 35.4 Å². The number of carbonyl (C=O) groups is 1. The van der Waals surface area contributed by atoms with Gasteiger partial charge in [-0.25, -0.2) is 0 Å². The van der Waals surface area contributed by atoms with Crippen molar-refractivity contribution in [3.8, 4) is 0 Å². The average molecular weight is 300 g/mol. The third-order valence-corrected chi connectivity index (χ3v) is 5.62. The first-order valence-corrected chi connectivity index (χ1v) is 8.60. The highest BCUT2D eigenvalue weighted by molar-refractivity contribution is 5.75. The minimum absolute atomic E-state index is 0.276. The Morgan fingerprint density at radius 1 is 1.32 bits per heavy atom. The molecule has 3 nitrogen and oxygen atoms in total. The van der Waals surface area contributed by atoms with Crippen LogP contribution in [0.5, 0.6) is 0 Å². The Bertz CT molecular complexity index is 548. The number of amides is 1. The summed E-state index contributed by atoms with van der Waals surface area (Å²) in [6.45, 7) is 7.73. The van der Waals surface area contributed by atoms with E-state index in [-0.39, 0.29) is 5.91 Å². The average Bonchev–Trinajstić information content (AvgIpc) is 2.53. The van der Waals surface area contributed by atoms with Gasteiger partial charge in [-0.2, -0.15) is 0 Å². The molecule has 1 amide bonds. The van der Waals surface area contributed by atoms with Crippen molar-refractivity contribution in [2.24, 2.45) is 0 Å². The molecule has 0 saturated carbocycles. The Kier molecular flexibility index (Phi) is 4.26. The first-order valence-electron chi connectivity index (χ1n) is 8.60. The van der Waals surface area contributed by atoms with E-state index in [1.165, 1.54) is 17.5 Å². The molecule has 1 saturated heterocycles. The lowest BCUT2D eigenvalue weighted by Gasteiger charge is -2.46. The third kappa shape index (κ3) is 2.79. The van der Waals surface area contributed by atoms with Crippen LogP contribution in [0.25, 0.3) is 0 Å². The Morgan fingerprint density at radius 3 is 2.64 bits per heavy atom. The van der Waals surface area contributed by atoms with Crippen LogP contribution in [-0.4, -0.2) is 48.4 Å². The number of piperidine rings is 1. The summed E-state index contributed by atoms with van der Waals surface area (Å²) in [7, 11) is 1.97. The van der Waals surface area contributed by atoms with Crippen LogP contribution in [0.3, 0.4) is 0 Å². The van der Waals surface area contributed by atoms with Gasteiger partial charge in [-0.1, -0.05) is 38.1 Å². The molecule has 1 fully saturated rings. The summed E-state index contributed by atoms with van der Waals surface area (Å²) >= 11 is 0. The van der Waals surface area contributed by atoms with Crippen LogP contribution >= 0.6 is 0 Å². The standard InChI is InChI=1S/C19H28N2O/c1-4-18(22)20(3)16-9-11-21(12-10-16)14-19(2)13-15-7-5-6-8-17(15)19/h5-8,16H,4,9-14H2,1-3H3. The molecule has 120 valence electrons. The van der Waals surface area contributed by atoms with E-state index < -0.39 is 0 Å². The lowest BCUT2D eigenvalue weighted by molar-refractivity contribution is -0.132. The summed E-state index contributed by atoms with van der Waals surface area (Å²) in [4.78, 5) is 16.4. The van der Waals surface area contributed by atoms with Gasteiger partial charge in [-0.15, -0.1) is 0 Å². The monoisotopic (exact) mass is 300 g/mol. The van der Waals surface area contributed by atoms with Crippen LogP contribution in [0.2, 0.25) is 0 Å². The van der Waals surface area contributed by atoms with Gasteiger partial charge in [0.05, 0.1) is 0 Å². The second-order valence-electron chi connectivity index (χ2n) is 7.26. The summed E-state index contributed by atoms with van der Waals surface area (Å²) in [6.07, 6.45) is 4.04. The molecule has 1 unspecified atom stereocenters. The van der Waals surface area contributed by atoms with E-state index >= 15 is 0 Å². The largest absolute Gasteiger partial charge is 0.343 e. The van der Waals surface area contributed by atoms with Gasteiger partial charge in [0.1, 0.15) is 0 Å². The number of benzene rings is 1. The fraction of sp³-hybridized carbons (Fsp3) is 0.632. The van der Waals surface area contributed by atoms with Gasteiger partial charge in [-0.3, -0.25) is 4.79 Å². The summed E-state index contributed by atoms with van der Waals surface area (Å²) in [5, 5.41) is 0. The van der Waals surface area contributed by atoms with E-state index in [4.69, 9.17) is 0 Å². The van der Waals surface area contributed by atoms with Crippen molar-refractivity contribution in [1.29, 1.82) is 0 Å². The Balaban J connectivity index is 1.54. The first-order chi connectivity index (χ1) is 10.5. The van der Waals surface area contributed by atoms with Gasteiger partial charge >= 0.3 is 0 Å². The van der Waals surface area contributed by atoms with Crippen molar-refractivity contribution in [3.63, 3.8) is 0 Å². The lowest BCUT2D eigenvalue weighted by atomic mass is 9.65. The van der Waals surface area contributed by atoms with Gasteiger partial charge < -0.3 is 9.80 Å². The van der Waals surface area contributed by atoms with Gasteiger partial charge in [0.15, 0.2) is 0 Å². The molecule has 0 radical (unpaired) electrons. The molecule has 1 aliphatic carbocycles. The SMILES string of the molecule is CCC(=O)N(C)C1CCN(CC2(C)Cc3ccccc32)CC1. The first kappa shape index (κ1) is 15.5. The fourth-order valence-corrected chi connectivity index (χ4v) is 4.22. The Morgan fingerprint density at radius 2 is 2.00 bits per heavy atom. The quantitative estimate of drug-likeness (QED) is 0.853. The van der Waals surface area contributed by atoms with E-state index in [9.17, 15) is 4.79 Å². The number of hydrogen-bond acceptors (Lipinski definition) is 2. The maximum Gasteiger partial charge on any atom is 0.222 e. The van der Waals surface area contributed by atoms with Gasteiger partial charge in [-0.05, 0) is 30.4 Å². The molecule has 1 aromatic carbocycles. The number of carbonyl (C=O) groups excluding carboxylic acids is 1. The molecule has 0 spiro atoms. The molecule has 3 heteroatoms. The van der Waals surface area contributed by atoms with Gasteiger partial charge in [0, 0.05) is 44.6 Å². The van der Waals surface area contributed by atoms with Gasteiger partial charge in [0.25, 0.3) is 0 Å². The van der Waals surface area contributed by atoms with E-state index in [0.29, 0.717) is 17.9 Å². The predicted molar refractivity (Wildman–Crippen MR) is 90.0 cm³/mol. The smallest absolute Gasteiger partial charge is 0.222 e. The summed E-state index contributed by atoms with van der Waals surface area (Å²) in [6, 6.07) is 9.29. The van der Waals surface area contributed by atoms with Crippen LogP contribution in [0.1, 0.15) is 44.2 Å². The predicted octanol–water partition coefficient (Wildman–Crippen LogP) is 2.83. The number of nitrogens with zero attached hydrogens (tertiary/aromatic N) is 2. The van der Waals surface area contributed by atoms with Crippen LogP contribution < -0.4 is 0 Å². The van der Waals surface area contributed by atoms with Crippen molar-refractivity contribution in [2.75, 3.05) is 26.7 Å². The van der Waals surface area contributed by atoms with E-state index in [1.807, 2.05) is 18.9 Å². The molecule has 2 aliphatic rings. The third-order valence-electron chi connectivity index (χ3n) is 5.62. The van der Waals surface area contributed by atoms with Crippen LogP contribution in [0, 0.1) is 0 Å². The number of likely N-dealkylation sites (tertiary alicyclic amines) is 1. The molecular formula is C19H28N2O. The number of fused-ring (bicyclic) bond motifs is 1. The van der Waals surface area contributed by atoms with Crippen molar-refractivity contribution in [2.45, 2.75) is 51.0 Å². The Hall–Kier alpha value is -1.35. The minimum Gasteiger partial charge on any atom is -0.343 e. The highest BCUT2D eigenvalue weighted by Crippen LogP contribution is 2.41. The summed E-state index contributed by atoms with van der Waals surface area (Å²) in [5.74, 6) is 0.276. The number of rotatable bonds is 4. The lowest BCUT2D eigenvalue weighted by Crippen LogP contribution is -2.51. The zero-order valence-corrected chi connectivity index (χ0v) is 14.1. The maximum atomic E-state index is 11.8. The van der Waals surface area contributed by atoms with Crippen LogP contribution in [0.15, 0.2) is 24.3 Å². The molecule has 1 atom stereocenters. The molecule has 0 bridgehead atoms. The zero-order chi connectivity index (χ0) is 15.7. The summed E-state index contributed by atoms with van der Waals surface area (Å²) < 4.78 is 0. The van der Waals surface area contributed by atoms with E-state index in [0.717, 1.165) is 32.5 Å². The molecule has 3 rings (SSSR count). The van der Waals surface area contributed by atoms with Gasteiger partial charge in [0.2, 0.25) is 5.91 Å². The Labute approximate surface area is 134 Å². The maximum absolute atomic E-state index is 11.8. The van der Waals surface area contributed by atoms with E-state index in [1.54, 1.807) is 0 Å². The second-order valence-corrected chi connectivity index (χ2v) is 7.26. The molecular weight excluding hydrogens is 272 g/mol. The molecule has 0 aromatic heterocycles. The summed E-state index contributed by atoms with van der Waals surface area (Å²) in [5.41, 5.74) is 3.39. The highest BCUT2D eigenvalue weighted by Gasteiger charge is 2.40. The molecule has 1 aromatic rings. The van der Waals surface area contributed by atoms with Crippen molar-refractivity contribution >= 4 is 5.91 Å².